The molecule has 8 atom stereocenters. The molecule has 0 bridgehead atoms. The van der Waals surface area contributed by atoms with Crippen molar-refractivity contribution in [1.29, 1.82) is 0 Å². The number of halogens is 3. The van der Waals surface area contributed by atoms with E-state index in [-0.39, 0.29) is 50.3 Å². The van der Waals surface area contributed by atoms with E-state index in [1.165, 1.54) is 19.1 Å². The van der Waals surface area contributed by atoms with E-state index in [1.807, 2.05) is 0 Å². The van der Waals surface area contributed by atoms with Gasteiger partial charge in [0.15, 0.2) is 11.5 Å². The number of ether oxygens (including phenoxy) is 1. The molecule has 7 nitrogen and oxygen atoms in total. The quantitative estimate of drug-likeness (QED) is 0.322. The van der Waals surface area contributed by atoms with Gasteiger partial charge in [-0.1, -0.05) is 31.7 Å². The van der Waals surface area contributed by atoms with Gasteiger partial charge in [0.05, 0.1) is 19.3 Å². The van der Waals surface area contributed by atoms with Crippen LogP contribution in [0, 0.1) is 28.6 Å². The number of rotatable bonds is 9. The van der Waals surface area contributed by atoms with Crippen LogP contribution < -0.4 is 0 Å². The van der Waals surface area contributed by atoms with Gasteiger partial charge in [-0.3, -0.25) is 14.2 Å². The van der Waals surface area contributed by atoms with E-state index in [4.69, 9.17) is 13.8 Å². The summed E-state index contributed by atoms with van der Waals surface area (Å²) < 4.78 is 77.2. The summed E-state index contributed by atoms with van der Waals surface area (Å²) in [4.78, 5) is 25.4. The van der Waals surface area contributed by atoms with E-state index in [2.05, 4.69) is 0 Å². The zero-order valence-electron chi connectivity index (χ0n) is 23.0. The summed E-state index contributed by atoms with van der Waals surface area (Å²) in [6.45, 7) is 8.22. The van der Waals surface area contributed by atoms with Gasteiger partial charge >= 0.3 is 7.60 Å². The standard InChI is InChI=1S/C27H38F3O7PS/c1-6-36-38(34,37-7-2)15-35-22-13-25(5)18(10-16(3)27(25,33)23(32)39-14-28)19-12-21(29)20-11-17(31)8-9-24(20,4)26(19,22)30/h8-9,16,18-19,22,33H,6-7,10-15H2,1-5H3/t16-,18+,19+,22+,24+,25+,26+,27+/m1/s1. The Hall–Kier alpha value is -0.970. The summed E-state index contributed by atoms with van der Waals surface area (Å²) in [6.07, 6.45) is 0.0766. The van der Waals surface area contributed by atoms with E-state index in [0.717, 1.165) is 0 Å². The van der Waals surface area contributed by atoms with Crippen molar-refractivity contribution in [3.63, 3.8) is 0 Å². The van der Waals surface area contributed by atoms with Gasteiger partial charge < -0.3 is 18.9 Å². The van der Waals surface area contributed by atoms with Crippen LogP contribution in [0.3, 0.4) is 0 Å². The number of carbonyl (C=O) groups excluding carboxylic acids is 2. The molecule has 0 heterocycles. The van der Waals surface area contributed by atoms with Crippen LogP contribution in [0.25, 0.3) is 0 Å². The smallest absolute Gasteiger partial charge is 0.356 e. The van der Waals surface area contributed by atoms with E-state index >= 15 is 8.78 Å². The van der Waals surface area contributed by atoms with Crippen LogP contribution in [0.15, 0.2) is 23.6 Å². The van der Waals surface area contributed by atoms with Gasteiger partial charge in [-0.2, -0.15) is 0 Å². The average Bonchev–Trinajstić information content (AvgIpc) is 3.07. The fourth-order valence-electron chi connectivity index (χ4n) is 7.94. The van der Waals surface area contributed by atoms with Crippen molar-refractivity contribution >= 4 is 30.3 Å². The lowest BCUT2D eigenvalue weighted by Gasteiger charge is -2.62. The van der Waals surface area contributed by atoms with Crippen LogP contribution >= 0.6 is 19.4 Å². The molecular formula is C27H38F3O7PS. The number of ketones is 1. The maximum absolute atomic E-state index is 18.1. The molecule has 0 aliphatic heterocycles. The molecule has 2 fully saturated rings. The number of carbonyl (C=O) groups is 2. The van der Waals surface area contributed by atoms with Crippen LogP contribution in [0.2, 0.25) is 0 Å². The van der Waals surface area contributed by atoms with Gasteiger partial charge in [0.1, 0.15) is 23.8 Å². The predicted molar refractivity (Wildman–Crippen MR) is 141 cm³/mol. The highest BCUT2D eigenvalue weighted by atomic mass is 32.2. The minimum absolute atomic E-state index is 0.0501. The molecule has 0 radical (unpaired) electrons. The summed E-state index contributed by atoms with van der Waals surface area (Å²) >= 11 is 0.357. The van der Waals surface area contributed by atoms with Gasteiger partial charge in [0, 0.05) is 29.6 Å². The second-order valence-electron chi connectivity index (χ2n) is 11.5. The Morgan fingerprint density at radius 3 is 2.46 bits per heavy atom. The second kappa shape index (κ2) is 10.7. The molecule has 4 aliphatic carbocycles. The third-order valence-corrected chi connectivity index (χ3v) is 12.2. The fourth-order valence-corrected chi connectivity index (χ4v) is 10.1. The topological polar surface area (TPSA) is 99.1 Å². The molecule has 0 unspecified atom stereocenters. The molecule has 0 amide bonds. The van der Waals surface area contributed by atoms with Crippen molar-refractivity contribution in [3.05, 3.63) is 23.6 Å². The molecule has 220 valence electrons. The third-order valence-electron chi connectivity index (χ3n) is 9.80. The number of fused-ring (bicyclic) bond motifs is 5. The molecule has 2 saturated carbocycles. The van der Waals surface area contributed by atoms with Crippen molar-refractivity contribution in [3.8, 4) is 0 Å². The maximum atomic E-state index is 18.1. The van der Waals surface area contributed by atoms with Gasteiger partial charge in [-0.25, -0.2) is 13.2 Å². The Morgan fingerprint density at radius 1 is 1.23 bits per heavy atom. The Balaban J connectivity index is 1.87. The average molecular weight is 595 g/mol. The van der Waals surface area contributed by atoms with Crippen molar-refractivity contribution in [2.75, 3.05) is 25.6 Å². The molecule has 39 heavy (non-hydrogen) atoms. The number of aliphatic hydroxyl groups is 1. The summed E-state index contributed by atoms with van der Waals surface area (Å²) in [7, 11) is -3.80. The zero-order chi connectivity index (χ0) is 29.0. The first-order valence-electron chi connectivity index (χ1n) is 13.4. The normalized spacial score (nSPS) is 41.8. The molecule has 0 aromatic heterocycles. The first-order chi connectivity index (χ1) is 18.2. The minimum Gasteiger partial charge on any atom is -0.380 e. The summed E-state index contributed by atoms with van der Waals surface area (Å²) in [6, 6.07) is -1.03. The number of alkyl halides is 2. The first-order valence-corrected chi connectivity index (χ1v) is 16.1. The SMILES string of the molecule is CCOP(=O)(CO[C@H]1C[C@@]2(C)[C@@H](C[C@@H](C)[C@]2(O)C(=O)SCF)[C@@H]2CC(F)=C3CC(=O)C=C[C@]3(C)[C@@]12F)OCC. The van der Waals surface area contributed by atoms with Crippen LogP contribution in [-0.2, 0) is 27.9 Å². The Labute approximate surface area is 231 Å². The Kier molecular flexibility index (Phi) is 8.50. The van der Waals surface area contributed by atoms with Crippen molar-refractivity contribution < 1.29 is 46.2 Å². The Morgan fingerprint density at radius 2 is 1.87 bits per heavy atom. The highest BCUT2D eigenvalue weighted by Gasteiger charge is 2.76. The van der Waals surface area contributed by atoms with Crippen LogP contribution in [0.5, 0.6) is 0 Å². The molecule has 4 rings (SSSR count). The second-order valence-corrected chi connectivity index (χ2v) is 14.4. The van der Waals surface area contributed by atoms with Crippen molar-refractivity contribution in [2.45, 2.75) is 77.7 Å². The first kappa shape index (κ1) is 31.0. The molecule has 0 aromatic rings. The molecule has 12 heteroatoms. The minimum atomic E-state index is -3.80. The molecule has 4 aliphatic rings. The van der Waals surface area contributed by atoms with E-state index in [1.54, 1.807) is 27.7 Å². The molecule has 1 N–H and O–H groups in total. The van der Waals surface area contributed by atoms with Gasteiger partial charge in [-0.05, 0) is 57.1 Å². The lowest BCUT2D eigenvalue weighted by molar-refractivity contribution is -0.223. The summed E-state index contributed by atoms with van der Waals surface area (Å²) in [5.74, 6) is -3.30. The Bertz CT molecular complexity index is 1120. The predicted octanol–water partition coefficient (Wildman–Crippen LogP) is 6.07. The van der Waals surface area contributed by atoms with E-state index in [9.17, 15) is 23.7 Å². The lowest BCUT2D eigenvalue weighted by Crippen LogP contribution is -2.69. The van der Waals surface area contributed by atoms with E-state index in [0.29, 0.717) is 11.8 Å². The van der Waals surface area contributed by atoms with E-state index < -0.39 is 76.8 Å². The third kappa shape index (κ3) is 4.45. The highest BCUT2D eigenvalue weighted by Crippen LogP contribution is 2.72. The van der Waals surface area contributed by atoms with Crippen LogP contribution in [0.4, 0.5) is 13.2 Å². The van der Waals surface area contributed by atoms with Crippen molar-refractivity contribution in [1.82, 2.24) is 0 Å². The van der Waals surface area contributed by atoms with Gasteiger partial charge in [0.2, 0.25) is 5.12 Å². The summed E-state index contributed by atoms with van der Waals surface area (Å²) in [5.41, 5.74) is -7.14. The highest BCUT2D eigenvalue weighted by molar-refractivity contribution is 8.13. The number of hydrogen-bond acceptors (Lipinski definition) is 8. The fraction of sp³-hybridized carbons (Fsp3) is 0.778. The molecular weight excluding hydrogens is 556 g/mol. The number of hydrogen-bond donors (Lipinski definition) is 1. The molecule has 0 spiro atoms. The molecule has 0 aromatic carbocycles. The number of allylic oxidation sites excluding steroid dienone is 4. The van der Waals surface area contributed by atoms with Crippen LogP contribution in [0.1, 0.15) is 60.3 Å². The monoisotopic (exact) mass is 594 g/mol. The summed E-state index contributed by atoms with van der Waals surface area (Å²) in [5, 5.41) is 11.2. The van der Waals surface area contributed by atoms with Crippen LogP contribution in [-0.4, -0.2) is 58.9 Å². The molecule has 0 saturated heterocycles. The van der Waals surface area contributed by atoms with Gasteiger partial charge in [0.25, 0.3) is 0 Å². The number of thioether (sulfide) groups is 1. The largest absolute Gasteiger partial charge is 0.380 e. The van der Waals surface area contributed by atoms with Crippen molar-refractivity contribution in [2.24, 2.45) is 28.6 Å². The van der Waals surface area contributed by atoms with Gasteiger partial charge in [-0.15, -0.1) is 0 Å². The maximum Gasteiger partial charge on any atom is 0.356 e. The zero-order valence-corrected chi connectivity index (χ0v) is 24.7. The lowest BCUT2D eigenvalue weighted by atomic mass is 9.45.